The summed E-state index contributed by atoms with van der Waals surface area (Å²) in [5, 5.41) is 0.400. The Bertz CT molecular complexity index is 942. The van der Waals surface area contributed by atoms with Gasteiger partial charge in [-0.25, -0.2) is 13.2 Å². The van der Waals surface area contributed by atoms with E-state index in [-0.39, 0.29) is 22.1 Å². The Morgan fingerprint density at radius 1 is 1.07 bits per heavy atom. The van der Waals surface area contributed by atoms with Crippen LogP contribution in [0.1, 0.15) is 17.3 Å². The number of rotatable bonds is 6. The number of hydrogen-bond acceptors (Lipinski definition) is 5. The molecular formula is C18H19ClN2O5S. The van der Waals surface area contributed by atoms with Crippen LogP contribution in [0.2, 0.25) is 5.02 Å². The highest BCUT2D eigenvalue weighted by Crippen LogP contribution is 2.22. The summed E-state index contributed by atoms with van der Waals surface area (Å²) in [6.45, 7) is 1.45. The van der Waals surface area contributed by atoms with E-state index in [2.05, 4.69) is 4.72 Å². The van der Waals surface area contributed by atoms with Crippen LogP contribution in [-0.4, -0.2) is 45.4 Å². The summed E-state index contributed by atoms with van der Waals surface area (Å²) in [5.41, 5.74) is 0.0374. The van der Waals surface area contributed by atoms with Gasteiger partial charge in [-0.05, 0) is 43.3 Å². The number of halogens is 1. The van der Waals surface area contributed by atoms with E-state index in [1.165, 1.54) is 48.2 Å². The Labute approximate surface area is 162 Å². The summed E-state index contributed by atoms with van der Waals surface area (Å²) >= 11 is 5.78. The number of hydrogen-bond donors (Lipinski definition) is 1. The van der Waals surface area contributed by atoms with Crippen LogP contribution in [0.5, 0.6) is 0 Å². The topological polar surface area (TPSA) is 92.8 Å². The molecule has 27 heavy (non-hydrogen) atoms. The lowest BCUT2D eigenvalue weighted by molar-refractivity contribution is -0.137. The number of nitrogens with one attached hydrogen (secondary N) is 1. The number of benzene rings is 2. The number of amides is 1. The molecule has 0 unspecified atom stereocenters. The summed E-state index contributed by atoms with van der Waals surface area (Å²) in [4.78, 5) is 25.6. The maximum atomic E-state index is 12.5. The van der Waals surface area contributed by atoms with Gasteiger partial charge in [0, 0.05) is 19.1 Å². The normalized spacial score (nSPS) is 12.1. The van der Waals surface area contributed by atoms with Crippen LogP contribution in [0.15, 0.2) is 53.4 Å². The molecule has 0 radical (unpaired) electrons. The van der Waals surface area contributed by atoms with E-state index in [0.717, 1.165) is 0 Å². The zero-order valence-electron chi connectivity index (χ0n) is 15.0. The lowest BCUT2D eigenvalue weighted by Crippen LogP contribution is -2.35. The Hall–Kier alpha value is -2.58. The summed E-state index contributed by atoms with van der Waals surface area (Å²) in [7, 11) is -0.851. The Morgan fingerprint density at radius 2 is 1.67 bits per heavy atom. The summed E-state index contributed by atoms with van der Waals surface area (Å²) in [6.07, 6.45) is -1.01. The lowest BCUT2D eigenvalue weighted by atomic mass is 10.2. The van der Waals surface area contributed by atoms with E-state index in [1.54, 1.807) is 26.2 Å². The number of anilines is 1. The van der Waals surface area contributed by atoms with Crippen molar-refractivity contribution < 1.29 is 22.7 Å². The van der Waals surface area contributed by atoms with Gasteiger partial charge in [0.25, 0.3) is 15.9 Å². The zero-order chi connectivity index (χ0) is 20.2. The van der Waals surface area contributed by atoms with E-state index in [1.807, 2.05) is 0 Å². The van der Waals surface area contributed by atoms with Gasteiger partial charge in [-0.3, -0.25) is 9.52 Å². The third kappa shape index (κ3) is 5.21. The first kappa shape index (κ1) is 20.7. The molecule has 0 fully saturated rings. The summed E-state index contributed by atoms with van der Waals surface area (Å²) in [6, 6.07) is 11.6. The van der Waals surface area contributed by atoms with Crippen LogP contribution >= 0.6 is 11.6 Å². The van der Waals surface area contributed by atoms with Crippen LogP contribution in [0.4, 0.5) is 5.69 Å². The second kappa shape index (κ2) is 8.41. The molecule has 2 aromatic rings. The number of sulfonamides is 1. The van der Waals surface area contributed by atoms with Crippen molar-refractivity contribution >= 4 is 39.2 Å². The molecule has 7 nitrogen and oxygen atoms in total. The van der Waals surface area contributed by atoms with Crippen molar-refractivity contribution in [1.29, 1.82) is 0 Å². The van der Waals surface area contributed by atoms with Crippen LogP contribution in [0.25, 0.3) is 0 Å². The second-order valence-corrected chi connectivity index (χ2v) is 8.00. The molecular weight excluding hydrogens is 392 g/mol. The van der Waals surface area contributed by atoms with E-state index in [0.29, 0.717) is 5.02 Å². The summed E-state index contributed by atoms with van der Waals surface area (Å²) < 4.78 is 32.6. The number of carbonyl (C=O) groups excluding carboxylic acids is 2. The number of carbonyl (C=O) groups is 2. The first-order chi connectivity index (χ1) is 12.6. The summed E-state index contributed by atoms with van der Waals surface area (Å²) in [5.74, 6) is -1.20. The smallest absolute Gasteiger partial charge is 0.341 e. The van der Waals surface area contributed by atoms with Crippen molar-refractivity contribution in [2.24, 2.45) is 0 Å². The second-order valence-electron chi connectivity index (χ2n) is 5.89. The molecule has 0 heterocycles. The first-order valence-electron chi connectivity index (χ1n) is 7.91. The molecule has 1 atom stereocenters. The predicted molar refractivity (Wildman–Crippen MR) is 102 cm³/mol. The largest absolute Gasteiger partial charge is 0.449 e. The third-order valence-corrected chi connectivity index (χ3v) is 5.22. The third-order valence-electron chi connectivity index (χ3n) is 3.59. The number of para-hydroxylation sites is 1. The van der Waals surface area contributed by atoms with Crippen LogP contribution in [0.3, 0.4) is 0 Å². The minimum absolute atomic E-state index is 0.00607. The molecule has 0 aromatic heterocycles. The van der Waals surface area contributed by atoms with Crippen LogP contribution < -0.4 is 4.72 Å². The van der Waals surface area contributed by atoms with Gasteiger partial charge in [-0.1, -0.05) is 23.7 Å². The number of likely N-dealkylation sites (N-methyl/N-ethyl adjacent to an activating group) is 1. The van der Waals surface area contributed by atoms with Crippen molar-refractivity contribution in [3.8, 4) is 0 Å². The van der Waals surface area contributed by atoms with E-state index in [9.17, 15) is 18.0 Å². The molecule has 9 heteroatoms. The maximum Gasteiger partial charge on any atom is 0.341 e. The van der Waals surface area contributed by atoms with Crippen molar-refractivity contribution in [3.63, 3.8) is 0 Å². The molecule has 2 rings (SSSR count). The molecule has 0 saturated heterocycles. The predicted octanol–water partition coefficient (Wildman–Crippen LogP) is 2.77. The molecule has 0 spiro atoms. The molecule has 0 aliphatic heterocycles. The Balaban J connectivity index is 2.26. The molecule has 1 amide bonds. The molecule has 0 aliphatic carbocycles. The van der Waals surface area contributed by atoms with Gasteiger partial charge in [0.2, 0.25) is 0 Å². The highest BCUT2D eigenvalue weighted by Gasteiger charge is 2.23. The van der Waals surface area contributed by atoms with Gasteiger partial charge >= 0.3 is 5.97 Å². The highest BCUT2D eigenvalue weighted by molar-refractivity contribution is 7.92. The SMILES string of the molecule is C[C@H](OC(=O)c1ccccc1NS(=O)(=O)c1ccc(Cl)cc1)C(=O)N(C)C. The van der Waals surface area contributed by atoms with Crippen LogP contribution in [-0.2, 0) is 19.6 Å². The van der Waals surface area contributed by atoms with Gasteiger partial charge in [-0.2, -0.15) is 0 Å². The van der Waals surface area contributed by atoms with Crippen molar-refractivity contribution in [3.05, 3.63) is 59.1 Å². The number of esters is 1. The fourth-order valence-electron chi connectivity index (χ4n) is 2.21. The van der Waals surface area contributed by atoms with E-state index < -0.39 is 22.1 Å². The zero-order valence-corrected chi connectivity index (χ0v) is 16.5. The minimum Gasteiger partial charge on any atom is -0.449 e. The van der Waals surface area contributed by atoms with Gasteiger partial charge in [-0.15, -0.1) is 0 Å². The number of nitrogens with zero attached hydrogens (tertiary/aromatic N) is 1. The number of ether oxygens (including phenoxy) is 1. The maximum absolute atomic E-state index is 12.5. The molecule has 0 bridgehead atoms. The lowest BCUT2D eigenvalue weighted by Gasteiger charge is -2.18. The quantitative estimate of drug-likeness (QED) is 0.739. The van der Waals surface area contributed by atoms with Gasteiger partial charge in [0.1, 0.15) is 0 Å². The van der Waals surface area contributed by atoms with Gasteiger partial charge in [0.05, 0.1) is 16.1 Å². The van der Waals surface area contributed by atoms with E-state index >= 15 is 0 Å². The monoisotopic (exact) mass is 410 g/mol. The van der Waals surface area contributed by atoms with Gasteiger partial charge < -0.3 is 9.64 Å². The molecule has 0 saturated carbocycles. The first-order valence-corrected chi connectivity index (χ1v) is 9.77. The average molecular weight is 411 g/mol. The van der Waals surface area contributed by atoms with E-state index in [4.69, 9.17) is 16.3 Å². The standard InChI is InChI=1S/C18H19ClN2O5S/c1-12(17(22)21(2)3)26-18(23)15-6-4-5-7-16(15)20-27(24,25)14-10-8-13(19)9-11-14/h4-12,20H,1-3H3/t12-/m0/s1. The minimum atomic E-state index is -3.94. The molecule has 1 N–H and O–H groups in total. The van der Waals surface area contributed by atoms with Crippen molar-refractivity contribution in [2.75, 3.05) is 18.8 Å². The fraction of sp³-hybridized carbons (Fsp3) is 0.222. The molecule has 144 valence electrons. The average Bonchev–Trinajstić information content (AvgIpc) is 2.61. The Morgan fingerprint density at radius 3 is 2.26 bits per heavy atom. The fourth-order valence-corrected chi connectivity index (χ4v) is 3.41. The van der Waals surface area contributed by atoms with Crippen molar-refractivity contribution in [2.45, 2.75) is 17.9 Å². The van der Waals surface area contributed by atoms with Crippen molar-refractivity contribution in [1.82, 2.24) is 4.90 Å². The molecule has 0 aliphatic rings. The highest BCUT2D eigenvalue weighted by atomic mass is 35.5. The molecule has 2 aromatic carbocycles. The van der Waals surface area contributed by atoms with Crippen LogP contribution in [0, 0.1) is 0 Å². The van der Waals surface area contributed by atoms with Gasteiger partial charge in [0.15, 0.2) is 6.10 Å². The Kier molecular flexibility index (Phi) is 6.45.